The summed E-state index contributed by atoms with van der Waals surface area (Å²) in [7, 11) is 0. The van der Waals surface area contributed by atoms with Crippen molar-refractivity contribution in [3.63, 3.8) is 0 Å². The lowest BCUT2D eigenvalue weighted by molar-refractivity contribution is 0.0914. The summed E-state index contributed by atoms with van der Waals surface area (Å²) >= 11 is 3.01. The number of rotatable bonds is 3. The second-order valence-electron chi connectivity index (χ2n) is 4.29. The summed E-state index contributed by atoms with van der Waals surface area (Å²) in [5, 5.41) is 2.63. The van der Waals surface area contributed by atoms with E-state index < -0.39 is 23.1 Å². The van der Waals surface area contributed by atoms with Crippen molar-refractivity contribution in [3.05, 3.63) is 33.8 Å². The van der Waals surface area contributed by atoms with Gasteiger partial charge in [0.05, 0.1) is 5.56 Å². The number of hydrogen-bond donors (Lipinski definition) is 2. The Hall–Kier alpha value is -1.01. The average molecular weight is 307 g/mol. The third kappa shape index (κ3) is 3.47. The van der Waals surface area contributed by atoms with Crippen molar-refractivity contribution in [1.29, 1.82) is 0 Å². The van der Waals surface area contributed by atoms with E-state index in [9.17, 15) is 13.6 Å². The molecule has 0 aliphatic rings. The molecule has 6 heteroatoms. The van der Waals surface area contributed by atoms with Gasteiger partial charge in [0.15, 0.2) is 11.6 Å². The summed E-state index contributed by atoms with van der Waals surface area (Å²) in [4.78, 5) is 11.8. The highest BCUT2D eigenvalue weighted by Crippen LogP contribution is 2.21. The van der Waals surface area contributed by atoms with Gasteiger partial charge in [-0.15, -0.1) is 0 Å². The zero-order valence-electron chi connectivity index (χ0n) is 9.48. The third-order valence-electron chi connectivity index (χ3n) is 2.22. The first kappa shape index (κ1) is 14.1. The van der Waals surface area contributed by atoms with Gasteiger partial charge in [0.25, 0.3) is 5.91 Å². The molecule has 0 aliphatic carbocycles. The van der Waals surface area contributed by atoms with Crippen LogP contribution in [-0.4, -0.2) is 18.0 Å². The smallest absolute Gasteiger partial charge is 0.252 e. The summed E-state index contributed by atoms with van der Waals surface area (Å²) in [6, 6.07) is 1.76. The van der Waals surface area contributed by atoms with Crippen LogP contribution in [0.3, 0.4) is 0 Å². The number of hydrogen-bond acceptors (Lipinski definition) is 2. The van der Waals surface area contributed by atoms with Crippen molar-refractivity contribution in [2.24, 2.45) is 5.73 Å². The number of nitrogens with one attached hydrogen (secondary N) is 1. The first-order chi connectivity index (χ1) is 7.76. The molecule has 0 unspecified atom stereocenters. The number of carbonyl (C=O) groups excluding carboxylic acids is 1. The van der Waals surface area contributed by atoms with Crippen LogP contribution in [-0.2, 0) is 0 Å². The van der Waals surface area contributed by atoms with Crippen LogP contribution >= 0.6 is 15.9 Å². The number of halogens is 3. The van der Waals surface area contributed by atoms with Crippen molar-refractivity contribution in [2.45, 2.75) is 19.4 Å². The molecule has 0 spiro atoms. The van der Waals surface area contributed by atoms with Crippen LogP contribution in [0.5, 0.6) is 0 Å². The summed E-state index contributed by atoms with van der Waals surface area (Å²) in [5.41, 5.74) is 4.89. The molecule has 0 saturated heterocycles. The maximum atomic E-state index is 13.0. The largest absolute Gasteiger partial charge is 0.346 e. The molecule has 94 valence electrons. The van der Waals surface area contributed by atoms with Crippen molar-refractivity contribution >= 4 is 21.8 Å². The Labute approximate surface area is 107 Å². The van der Waals surface area contributed by atoms with E-state index in [4.69, 9.17) is 5.73 Å². The molecule has 0 radical (unpaired) electrons. The predicted molar refractivity (Wildman–Crippen MR) is 64.7 cm³/mol. The van der Waals surface area contributed by atoms with E-state index in [0.29, 0.717) is 0 Å². The second kappa shape index (κ2) is 5.10. The number of amides is 1. The van der Waals surface area contributed by atoms with Crippen molar-refractivity contribution in [2.75, 3.05) is 6.54 Å². The van der Waals surface area contributed by atoms with Gasteiger partial charge in [0, 0.05) is 16.6 Å². The summed E-state index contributed by atoms with van der Waals surface area (Å²) < 4.78 is 26.1. The Balaban J connectivity index is 3.01. The van der Waals surface area contributed by atoms with Crippen molar-refractivity contribution in [1.82, 2.24) is 5.32 Å². The molecule has 0 heterocycles. The van der Waals surface area contributed by atoms with Crippen LogP contribution in [0.4, 0.5) is 8.78 Å². The number of carbonyl (C=O) groups is 1. The van der Waals surface area contributed by atoms with Crippen molar-refractivity contribution in [3.8, 4) is 0 Å². The van der Waals surface area contributed by atoms with Gasteiger partial charge < -0.3 is 11.1 Å². The molecule has 0 aliphatic heterocycles. The molecule has 0 atom stereocenters. The van der Waals surface area contributed by atoms with Gasteiger partial charge in [-0.3, -0.25) is 4.79 Å². The summed E-state index contributed by atoms with van der Waals surface area (Å²) in [6.45, 7) is 3.71. The van der Waals surface area contributed by atoms with E-state index in [1.807, 2.05) is 0 Å². The summed E-state index contributed by atoms with van der Waals surface area (Å²) in [6.07, 6.45) is 0. The van der Waals surface area contributed by atoms with Gasteiger partial charge >= 0.3 is 0 Å². The topological polar surface area (TPSA) is 55.1 Å². The lowest BCUT2D eigenvalue weighted by Crippen LogP contribution is -2.48. The molecule has 0 saturated carbocycles. The molecule has 0 aromatic heterocycles. The Kier molecular flexibility index (Phi) is 4.21. The van der Waals surface area contributed by atoms with Gasteiger partial charge in [-0.05, 0) is 41.9 Å². The minimum atomic E-state index is -1.07. The predicted octanol–water partition coefficient (Wildman–Crippen LogP) is 2.19. The molecular weight excluding hydrogens is 294 g/mol. The molecular formula is C11H13BrF2N2O. The van der Waals surface area contributed by atoms with E-state index in [1.54, 1.807) is 13.8 Å². The molecule has 1 aromatic rings. The Morgan fingerprint density at radius 3 is 2.47 bits per heavy atom. The first-order valence-electron chi connectivity index (χ1n) is 4.94. The fourth-order valence-corrected chi connectivity index (χ4v) is 1.62. The molecule has 3 nitrogen and oxygen atoms in total. The SMILES string of the molecule is CC(C)(CN)NC(=O)c1cc(F)c(F)cc1Br. The fraction of sp³-hybridized carbons (Fsp3) is 0.364. The minimum Gasteiger partial charge on any atom is -0.346 e. The maximum Gasteiger partial charge on any atom is 0.252 e. The van der Waals surface area contributed by atoms with Crippen LogP contribution in [0.2, 0.25) is 0 Å². The lowest BCUT2D eigenvalue weighted by Gasteiger charge is -2.24. The zero-order valence-corrected chi connectivity index (χ0v) is 11.1. The third-order valence-corrected chi connectivity index (χ3v) is 2.87. The van der Waals surface area contributed by atoms with Gasteiger partial charge in [0.2, 0.25) is 0 Å². The number of nitrogens with two attached hydrogens (primary N) is 1. The van der Waals surface area contributed by atoms with Gasteiger partial charge in [-0.1, -0.05) is 0 Å². The van der Waals surface area contributed by atoms with E-state index in [2.05, 4.69) is 21.2 Å². The molecule has 1 amide bonds. The molecule has 1 rings (SSSR count). The Morgan fingerprint density at radius 2 is 1.94 bits per heavy atom. The monoisotopic (exact) mass is 306 g/mol. The highest BCUT2D eigenvalue weighted by molar-refractivity contribution is 9.10. The van der Waals surface area contributed by atoms with Crippen LogP contribution in [0.15, 0.2) is 16.6 Å². The molecule has 1 aromatic carbocycles. The molecule has 17 heavy (non-hydrogen) atoms. The highest BCUT2D eigenvalue weighted by atomic mass is 79.9. The molecule has 0 bridgehead atoms. The quantitative estimate of drug-likeness (QED) is 0.841. The van der Waals surface area contributed by atoms with Gasteiger partial charge in [0.1, 0.15) is 0 Å². The first-order valence-corrected chi connectivity index (χ1v) is 5.73. The Bertz CT molecular complexity index is 449. The number of benzene rings is 1. The van der Waals surface area contributed by atoms with Gasteiger partial charge in [-0.25, -0.2) is 8.78 Å². The highest BCUT2D eigenvalue weighted by Gasteiger charge is 2.21. The van der Waals surface area contributed by atoms with E-state index in [-0.39, 0.29) is 16.6 Å². The fourth-order valence-electron chi connectivity index (χ4n) is 1.12. The molecule has 3 N–H and O–H groups in total. The second-order valence-corrected chi connectivity index (χ2v) is 5.14. The van der Waals surface area contributed by atoms with Crippen LogP contribution < -0.4 is 11.1 Å². The van der Waals surface area contributed by atoms with Crippen molar-refractivity contribution < 1.29 is 13.6 Å². The van der Waals surface area contributed by atoms with E-state index >= 15 is 0 Å². The maximum absolute atomic E-state index is 13.0. The van der Waals surface area contributed by atoms with Crippen LogP contribution in [0, 0.1) is 11.6 Å². The summed E-state index contributed by atoms with van der Waals surface area (Å²) in [5.74, 6) is -2.58. The average Bonchev–Trinajstić information content (AvgIpc) is 2.22. The molecule has 0 fully saturated rings. The normalized spacial score (nSPS) is 11.4. The van der Waals surface area contributed by atoms with Crippen LogP contribution in [0.1, 0.15) is 24.2 Å². The van der Waals surface area contributed by atoms with E-state index in [1.165, 1.54) is 0 Å². The minimum absolute atomic E-state index is 0.0328. The van der Waals surface area contributed by atoms with Gasteiger partial charge in [-0.2, -0.15) is 0 Å². The Morgan fingerprint density at radius 1 is 1.41 bits per heavy atom. The van der Waals surface area contributed by atoms with Crippen LogP contribution in [0.25, 0.3) is 0 Å². The lowest BCUT2D eigenvalue weighted by atomic mass is 10.1. The standard InChI is InChI=1S/C11H13BrF2N2O/c1-11(2,5-15)16-10(17)6-3-8(13)9(14)4-7(6)12/h3-4H,5,15H2,1-2H3,(H,16,17). The zero-order chi connectivity index (χ0) is 13.2. The van der Waals surface area contributed by atoms with E-state index in [0.717, 1.165) is 12.1 Å².